The van der Waals surface area contributed by atoms with Gasteiger partial charge in [0.25, 0.3) is 0 Å². The summed E-state index contributed by atoms with van der Waals surface area (Å²) in [6, 6.07) is 9.58. The largest absolute Gasteiger partial charge is 0.445 e. The number of alkyl carbamates (subject to hydrolysis) is 1. The van der Waals surface area contributed by atoms with E-state index in [9.17, 15) is 4.79 Å². The predicted molar refractivity (Wildman–Crippen MR) is 85.5 cm³/mol. The van der Waals surface area contributed by atoms with Gasteiger partial charge in [-0.2, -0.15) is 9.59 Å². The van der Waals surface area contributed by atoms with Crippen molar-refractivity contribution in [2.45, 2.75) is 26.7 Å². The Labute approximate surface area is 137 Å². The number of rotatable bonds is 5. The Morgan fingerprint density at radius 1 is 1.26 bits per heavy atom. The zero-order valence-corrected chi connectivity index (χ0v) is 14.4. The van der Waals surface area contributed by atoms with Crippen LogP contribution < -0.4 is 5.32 Å². The van der Waals surface area contributed by atoms with Gasteiger partial charge in [-0.25, -0.2) is 4.79 Å². The topological polar surface area (TPSA) is 84.9 Å². The van der Waals surface area contributed by atoms with Gasteiger partial charge in [-0.3, -0.25) is 4.90 Å². The molecule has 0 saturated carbocycles. The number of nitrogens with zero attached hydrogens (tertiary/aromatic N) is 1. The molecule has 1 N–H and O–H groups in total. The van der Waals surface area contributed by atoms with Crippen LogP contribution in [0.15, 0.2) is 30.3 Å². The van der Waals surface area contributed by atoms with Gasteiger partial charge < -0.3 is 14.8 Å². The van der Waals surface area contributed by atoms with E-state index in [1.807, 2.05) is 63.2 Å². The lowest BCUT2D eigenvalue weighted by molar-refractivity contribution is -0.191. The standard InChI is InChI=1S/C10H13NO2.C5H13NO.CO2/c1-2-11-10(12)13-8-9-6-4-3-5-7-9;1-5(7-4)6(2)3;2-1-3/h3-7H,2,8H2,1H3,(H,11,12);5H,1-4H3;. The van der Waals surface area contributed by atoms with Crippen molar-refractivity contribution in [3.05, 3.63) is 35.9 Å². The maximum absolute atomic E-state index is 10.9. The van der Waals surface area contributed by atoms with Crippen LogP contribution in [0.1, 0.15) is 19.4 Å². The minimum absolute atomic E-state index is 0.236. The van der Waals surface area contributed by atoms with Crippen LogP contribution in [-0.4, -0.2) is 51.1 Å². The molecule has 7 nitrogen and oxygen atoms in total. The van der Waals surface area contributed by atoms with Crippen molar-refractivity contribution in [2.24, 2.45) is 0 Å². The van der Waals surface area contributed by atoms with E-state index < -0.39 is 0 Å². The predicted octanol–water partition coefficient (Wildman–Crippen LogP) is 1.89. The summed E-state index contributed by atoms with van der Waals surface area (Å²) in [4.78, 5) is 29.1. The van der Waals surface area contributed by atoms with E-state index in [1.165, 1.54) is 0 Å². The minimum Gasteiger partial charge on any atom is -0.445 e. The molecule has 1 aromatic carbocycles. The van der Waals surface area contributed by atoms with Crippen molar-refractivity contribution in [3.8, 4) is 0 Å². The summed E-state index contributed by atoms with van der Waals surface area (Å²) in [5, 5.41) is 2.55. The van der Waals surface area contributed by atoms with E-state index in [2.05, 4.69) is 5.32 Å². The molecule has 0 heterocycles. The highest BCUT2D eigenvalue weighted by molar-refractivity contribution is 5.66. The smallest absolute Gasteiger partial charge is 0.407 e. The number of hydrogen-bond acceptors (Lipinski definition) is 6. The summed E-state index contributed by atoms with van der Waals surface area (Å²) < 4.78 is 9.86. The van der Waals surface area contributed by atoms with Crippen molar-refractivity contribution < 1.29 is 23.9 Å². The summed E-state index contributed by atoms with van der Waals surface area (Å²) in [5.74, 6) is 0. The first-order chi connectivity index (χ1) is 10.9. The van der Waals surface area contributed by atoms with Crippen LogP contribution in [0.25, 0.3) is 0 Å². The molecule has 0 spiro atoms. The third-order valence-corrected chi connectivity index (χ3v) is 2.60. The Kier molecular flexibility index (Phi) is 16.2. The second kappa shape index (κ2) is 16.2. The lowest BCUT2D eigenvalue weighted by Gasteiger charge is -2.16. The van der Waals surface area contributed by atoms with Gasteiger partial charge in [0, 0.05) is 13.7 Å². The summed E-state index contributed by atoms with van der Waals surface area (Å²) in [6.07, 6.45) is 0.117. The fourth-order valence-corrected chi connectivity index (χ4v) is 1.13. The fourth-order valence-electron chi connectivity index (χ4n) is 1.13. The number of ether oxygens (including phenoxy) is 2. The summed E-state index contributed by atoms with van der Waals surface area (Å²) >= 11 is 0. The summed E-state index contributed by atoms with van der Waals surface area (Å²) in [6.45, 7) is 4.77. The van der Waals surface area contributed by atoms with Crippen LogP contribution >= 0.6 is 0 Å². The van der Waals surface area contributed by atoms with E-state index in [0.717, 1.165) is 5.56 Å². The average Bonchev–Trinajstić information content (AvgIpc) is 2.54. The van der Waals surface area contributed by atoms with Crippen molar-refractivity contribution in [3.63, 3.8) is 0 Å². The van der Waals surface area contributed by atoms with Crippen molar-refractivity contribution in [2.75, 3.05) is 27.7 Å². The van der Waals surface area contributed by atoms with Crippen LogP contribution in [0.2, 0.25) is 0 Å². The van der Waals surface area contributed by atoms with Gasteiger partial charge in [0.15, 0.2) is 0 Å². The highest BCUT2D eigenvalue weighted by Crippen LogP contribution is 2.00. The Morgan fingerprint density at radius 2 is 1.78 bits per heavy atom. The van der Waals surface area contributed by atoms with Gasteiger partial charge in [0.05, 0.1) is 0 Å². The maximum atomic E-state index is 10.9. The molecule has 1 aromatic rings. The second-order valence-corrected chi connectivity index (χ2v) is 4.47. The maximum Gasteiger partial charge on any atom is 0.407 e. The van der Waals surface area contributed by atoms with Gasteiger partial charge in [0.2, 0.25) is 0 Å². The molecule has 23 heavy (non-hydrogen) atoms. The lowest BCUT2D eigenvalue weighted by atomic mass is 10.2. The fraction of sp³-hybridized carbons (Fsp3) is 0.500. The zero-order chi connectivity index (χ0) is 18.1. The monoisotopic (exact) mass is 326 g/mol. The first-order valence-corrected chi connectivity index (χ1v) is 7.05. The third kappa shape index (κ3) is 16.0. The van der Waals surface area contributed by atoms with Crippen molar-refractivity contribution >= 4 is 12.2 Å². The molecule has 0 bridgehead atoms. The molecule has 7 heteroatoms. The molecule has 0 aromatic heterocycles. The van der Waals surface area contributed by atoms with Crippen molar-refractivity contribution in [1.82, 2.24) is 10.2 Å². The molecule has 0 radical (unpaired) electrons. The molecule has 1 rings (SSSR count). The molecule has 0 aliphatic carbocycles. The quantitative estimate of drug-likeness (QED) is 0.832. The van der Waals surface area contributed by atoms with E-state index in [-0.39, 0.29) is 18.5 Å². The summed E-state index contributed by atoms with van der Waals surface area (Å²) in [5.41, 5.74) is 0.994. The average molecular weight is 326 g/mol. The molecule has 130 valence electrons. The number of nitrogens with one attached hydrogen (secondary N) is 1. The van der Waals surface area contributed by atoms with E-state index >= 15 is 0 Å². The molecule has 0 aliphatic rings. The molecule has 1 atom stereocenters. The van der Waals surface area contributed by atoms with Gasteiger partial charge in [-0.05, 0) is 33.5 Å². The van der Waals surface area contributed by atoms with E-state index in [1.54, 1.807) is 7.11 Å². The molecule has 1 amide bonds. The van der Waals surface area contributed by atoms with Crippen molar-refractivity contribution in [1.29, 1.82) is 0 Å². The number of methoxy groups -OCH3 is 1. The lowest BCUT2D eigenvalue weighted by Crippen LogP contribution is -2.25. The molecule has 0 fully saturated rings. The van der Waals surface area contributed by atoms with Gasteiger partial charge in [0.1, 0.15) is 12.8 Å². The van der Waals surface area contributed by atoms with Gasteiger partial charge in [-0.15, -0.1) is 0 Å². The van der Waals surface area contributed by atoms with Gasteiger partial charge >= 0.3 is 12.2 Å². The van der Waals surface area contributed by atoms with Crippen LogP contribution in [0.4, 0.5) is 4.79 Å². The highest BCUT2D eigenvalue weighted by atomic mass is 16.5. The number of hydrogen-bond donors (Lipinski definition) is 1. The Morgan fingerprint density at radius 3 is 2.13 bits per heavy atom. The number of carbonyl (C=O) groups is 1. The molecular weight excluding hydrogens is 300 g/mol. The Hall–Kier alpha value is -2.21. The first kappa shape index (κ1) is 23.1. The number of carbonyl (C=O) groups excluding carboxylic acids is 3. The zero-order valence-electron chi connectivity index (χ0n) is 14.4. The third-order valence-electron chi connectivity index (χ3n) is 2.60. The summed E-state index contributed by atoms with van der Waals surface area (Å²) in [7, 11) is 5.66. The second-order valence-electron chi connectivity index (χ2n) is 4.47. The number of amides is 1. The SMILES string of the molecule is CCNC(=O)OCc1ccccc1.COC(C)N(C)C.O=C=O. The minimum atomic E-state index is -0.369. The van der Waals surface area contributed by atoms with E-state index in [4.69, 9.17) is 19.1 Å². The van der Waals surface area contributed by atoms with Crippen LogP contribution in [0.3, 0.4) is 0 Å². The molecular formula is C16H26N2O5. The Balaban J connectivity index is 0. The first-order valence-electron chi connectivity index (χ1n) is 7.05. The van der Waals surface area contributed by atoms with Crippen LogP contribution in [0, 0.1) is 0 Å². The van der Waals surface area contributed by atoms with Crippen LogP contribution in [0.5, 0.6) is 0 Å². The normalized spacial score (nSPS) is 10.2. The Bertz CT molecular complexity index is 431. The molecule has 0 aliphatic heterocycles. The van der Waals surface area contributed by atoms with Crippen LogP contribution in [-0.2, 0) is 25.7 Å². The molecule has 1 unspecified atom stereocenters. The highest BCUT2D eigenvalue weighted by Gasteiger charge is 1.99. The van der Waals surface area contributed by atoms with E-state index in [0.29, 0.717) is 13.2 Å². The number of benzene rings is 1. The molecule has 0 saturated heterocycles. The van der Waals surface area contributed by atoms with Gasteiger partial charge in [-0.1, -0.05) is 30.3 Å².